The van der Waals surface area contributed by atoms with Crippen LogP contribution in [-0.2, 0) is 15.1 Å². The van der Waals surface area contributed by atoms with Crippen molar-refractivity contribution in [2.75, 3.05) is 11.9 Å². The van der Waals surface area contributed by atoms with Crippen molar-refractivity contribution < 1.29 is 19.2 Å². The maximum absolute atomic E-state index is 13.1. The summed E-state index contributed by atoms with van der Waals surface area (Å²) < 4.78 is 0. The summed E-state index contributed by atoms with van der Waals surface area (Å²) in [5.41, 5.74) is -0.743. The first-order chi connectivity index (χ1) is 14.8. The van der Waals surface area contributed by atoms with Crippen LogP contribution in [0.5, 0.6) is 0 Å². The molecule has 0 aliphatic carbocycles. The van der Waals surface area contributed by atoms with Crippen LogP contribution < -0.4 is 10.6 Å². The van der Waals surface area contributed by atoms with Gasteiger partial charge >= 0.3 is 6.03 Å². The number of hydrogen-bond acceptors (Lipinski definition) is 4. The Kier molecular flexibility index (Phi) is 6.36. The van der Waals surface area contributed by atoms with Gasteiger partial charge in [-0.15, -0.1) is 0 Å². The molecule has 1 aliphatic rings. The van der Waals surface area contributed by atoms with Crippen LogP contribution in [0.15, 0.2) is 42.5 Å². The van der Waals surface area contributed by atoms with Gasteiger partial charge in [-0.25, -0.2) is 4.79 Å². The minimum atomic E-state index is -1.42. The van der Waals surface area contributed by atoms with Gasteiger partial charge in [-0.05, 0) is 43.3 Å². The first-order valence-corrected chi connectivity index (χ1v) is 10.6. The summed E-state index contributed by atoms with van der Waals surface area (Å²) in [5, 5.41) is 6.02. The Labute approximate surface area is 196 Å². The Hall–Kier alpha value is -2.90. The van der Waals surface area contributed by atoms with E-state index in [1.165, 1.54) is 25.1 Å². The van der Waals surface area contributed by atoms with E-state index in [1.54, 1.807) is 45.0 Å². The summed E-state index contributed by atoms with van der Waals surface area (Å²) in [6, 6.07) is 10.2. The average molecular weight is 476 g/mol. The highest BCUT2D eigenvalue weighted by Gasteiger charge is 2.50. The topological polar surface area (TPSA) is 95.6 Å². The number of rotatable bonds is 5. The molecule has 0 unspecified atom stereocenters. The molecular weight excluding hydrogens is 453 g/mol. The fourth-order valence-electron chi connectivity index (χ4n) is 3.21. The van der Waals surface area contributed by atoms with Gasteiger partial charge in [0.25, 0.3) is 5.91 Å². The van der Waals surface area contributed by atoms with Crippen LogP contribution in [0.4, 0.5) is 10.5 Å². The third-order valence-electron chi connectivity index (χ3n) is 5.19. The molecular formula is C23H23Cl2N3O4. The number of benzene rings is 2. The Morgan fingerprint density at radius 1 is 1.06 bits per heavy atom. The molecule has 168 valence electrons. The van der Waals surface area contributed by atoms with E-state index in [1.807, 2.05) is 0 Å². The van der Waals surface area contributed by atoms with Crippen LogP contribution in [0, 0.1) is 5.41 Å². The van der Waals surface area contributed by atoms with E-state index in [0.717, 1.165) is 4.90 Å². The lowest BCUT2D eigenvalue weighted by Gasteiger charge is -2.23. The predicted molar refractivity (Wildman–Crippen MR) is 123 cm³/mol. The van der Waals surface area contributed by atoms with Crippen molar-refractivity contribution in [3.63, 3.8) is 0 Å². The molecule has 9 heteroatoms. The van der Waals surface area contributed by atoms with Crippen molar-refractivity contribution in [3.8, 4) is 0 Å². The summed E-state index contributed by atoms with van der Waals surface area (Å²) in [4.78, 5) is 51.3. The van der Waals surface area contributed by atoms with Crippen molar-refractivity contribution in [2.45, 2.75) is 33.2 Å². The van der Waals surface area contributed by atoms with E-state index in [-0.39, 0.29) is 10.9 Å². The molecule has 1 fully saturated rings. The molecule has 4 amide bonds. The molecule has 1 heterocycles. The van der Waals surface area contributed by atoms with Gasteiger partial charge in [0.1, 0.15) is 5.54 Å². The molecule has 3 rings (SSSR count). The van der Waals surface area contributed by atoms with Crippen LogP contribution in [0.25, 0.3) is 0 Å². The van der Waals surface area contributed by atoms with Crippen molar-refractivity contribution >= 4 is 52.5 Å². The molecule has 0 radical (unpaired) electrons. The van der Waals surface area contributed by atoms with Gasteiger partial charge in [0.05, 0.1) is 6.54 Å². The van der Waals surface area contributed by atoms with E-state index in [0.29, 0.717) is 21.8 Å². The minimum absolute atomic E-state index is 0.156. The number of nitrogens with zero attached hydrogens (tertiary/aromatic N) is 1. The van der Waals surface area contributed by atoms with Gasteiger partial charge < -0.3 is 10.6 Å². The monoisotopic (exact) mass is 475 g/mol. The van der Waals surface area contributed by atoms with Crippen LogP contribution in [-0.4, -0.2) is 35.1 Å². The number of carbonyl (C=O) groups excluding carboxylic acids is 4. The molecule has 1 aliphatic heterocycles. The van der Waals surface area contributed by atoms with Gasteiger partial charge in [-0.2, -0.15) is 0 Å². The van der Waals surface area contributed by atoms with Crippen LogP contribution in [0.3, 0.4) is 0 Å². The molecule has 1 saturated heterocycles. The van der Waals surface area contributed by atoms with E-state index >= 15 is 0 Å². The minimum Gasteiger partial charge on any atom is -0.326 e. The van der Waals surface area contributed by atoms with Gasteiger partial charge in [0, 0.05) is 32.3 Å². The van der Waals surface area contributed by atoms with Crippen molar-refractivity contribution in [1.29, 1.82) is 0 Å². The summed E-state index contributed by atoms with van der Waals surface area (Å²) in [5.74, 6) is -1.17. The molecule has 1 atom stereocenters. The third-order valence-corrected chi connectivity index (χ3v) is 5.74. The Bertz CT molecular complexity index is 1110. The van der Waals surface area contributed by atoms with Gasteiger partial charge in [-0.1, -0.05) is 50.0 Å². The highest BCUT2D eigenvalue weighted by Crippen LogP contribution is 2.35. The van der Waals surface area contributed by atoms with Crippen molar-refractivity contribution in [1.82, 2.24) is 10.2 Å². The van der Waals surface area contributed by atoms with Crippen LogP contribution in [0.2, 0.25) is 10.0 Å². The number of amides is 4. The SMILES string of the molecule is CC(C)(C)C(=O)Nc1ccc(C(=O)CN2C(=O)N[C@@](C)(c3ccc(Cl)cc3Cl)C2=O)cc1. The second kappa shape index (κ2) is 8.56. The Balaban J connectivity index is 1.74. The number of imide groups is 1. The van der Waals surface area contributed by atoms with E-state index in [9.17, 15) is 19.2 Å². The van der Waals surface area contributed by atoms with Crippen LogP contribution in [0.1, 0.15) is 43.6 Å². The first kappa shape index (κ1) is 23.8. The predicted octanol–water partition coefficient (Wildman–Crippen LogP) is 4.63. The lowest BCUT2D eigenvalue weighted by molar-refractivity contribution is -0.130. The van der Waals surface area contributed by atoms with Crippen molar-refractivity contribution in [2.24, 2.45) is 5.41 Å². The number of halogens is 2. The van der Waals surface area contributed by atoms with Gasteiger partial charge in [-0.3, -0.25) is 19.3 Å². The number of carbonyl (C=O) groups is 4. The van der Waals surface area contributed by atoms with Crippen molar-refractivity contribution in [3.05, 3.63) is 63.6 Å². The van der Waals surface area contributed by atoms with E-state index in [2.05, 4.69) is 10.6 Å². The Morgan fingerprint density at radius 2 is 1.69 bits per heavy atom. The fraction of sp³-hybridized carbons (Fsp3) is 0.304. The number of Topliss-reactive ketones (excluding diaryl/α,β-unsaturated/α-hetero) is 1. The standard InChI is InChI=1S/C23H23Cl2N3O4/c1-22(2,3)19(30)26-15-8-5-13(6-9-15)18(29)12-28-20(31)23(4,27-21(28)32)16-10-7-14(24)11-17(16)25/h5-11H,12H2,1-4H3,(H,26,30)(H,27,32)/t23-/m0/s1. The summed E-state index contributed by atoms with van der Waals surface area (Å²) in [6.07, 6.45) is 0. The summed E-state index contributed by atoms with van der Waals surface area (Å²) >= 11 is 12.2. The highest BCUT2D eigenvalue weighted by atomic mass is 35.5. The van der Waals surface area contributed by atoms with Gasteiger partial charge in [0.15, 0.2) is 5.78 Å². The molecule has 0 bridgehead atoms. The molecule has 2 aromatic rings. The zero-order valence-corrected chi connectivity index (χ0v) is 19.6. The number of ketones is 1. The fourth-order valence-corrected chi connectivity index (χ4v) is 3.81. The average Bonchev–Trinajstić information content (AvgIpc) is 2.91. The maximum Gasteiger partial charge on any atom is 0.325 e. The number of anilines is 1. The zero-order valence-electron chi connectivity index (χ0n) is 18.1. The summed E-state index contributed by atoms with van der Waals surface area (Å²) in [7, 11) is 0. The van der Waals surface area contributed by atoms with E-state index in [4.69, 9.17) is 23.2 Å². The maximum atomic E-state index is 13.1. The molecule has 0 saturated carbocycles. The molecule has 2 aromatic carbocycles. The third kappa shape index (κ3) is 4.64. The number of hydrogen-bond donors (Lipinski definition) is 2. The summed E-state index contributed by atoms with van der Waals surface area (Å²) in [6.45, 7) is 6.48. The zero-order chi connectivity index (χ0) is 23.8. The highest BCUT2D eigenvalue weighted by molar-refractivity contribution is 6.35. The lowest BCUT2D eigenvalue weighted by Crippen LogP contribution is -2.41. The number of nitrogens with one attached hydrogen (secondary N) is 2. The second-order valence-corrected chi connectivity index (χ2v) is 9.62. The quantitative estimate of drug-likeness (QED) is 0.486. The molecule has 7 nitrogen and oxygen atoms in total. The number of urea groups is 1. The lowest BCUT2D eigenvalue weighted by atomic mass is 9.92. The molecule has 0 spiro atoms. The largest absolute Gasteiger partial charge is 0.326 e. The van der Waals surface area contributed by atoms with E-state index < -0.39 is 35.2 Å². The second-order valence-electron chi connectivity index (χ2n) is 8.78. The first-order valence-electron chi connectivity index (χ1n) is 9.87. The Morgan fingerprint density at radius 3 is 2.25 bits per heavy atom. The smallest absolute Gasteiger partial charge is 0.325 e. The van der Waals surface area contributed by atoms with Gasteiger partial charge in [0.2, 0.25) is 5.91 Å². The molecule has 0 aromatic heterocycles. The normalized spacial score (nSPS) is 18.5. The van der Waals surface area contributed by atoms with Crippen LogP contribution >= 0.6 is 23.2 Å². The molecule has 32 heavy (non-hydrogen) atoms. The molecule has 2 N–H and O–H groups in total.